The Bertz CT molecular complexity index is 383. The quantitative estimate of drug-likeness (QED) is 0.647. The molecule has 5 heteroatoms. The van der Waals surface area contributed by atoms with E-state index in [0.717, 1.165) is 25.7 Å². The molecule has 8 atom stereocenters. The van der Waals surface area contributed by atoms with E-state index in [1.807, 2.05) is 13.8 Å². The molecule has 2 heterocycles. The van der Waals surface area contributed by atoms with Gasteiger partial charge in [0.05, 0.1) is 42.9 Å². The molecule has 3 fully saturated rings. The van der Waals surface area contributed by atoms with Gasteiger partial charge in [0.25, 0.3) is 0 Å². The summed E-state index contributed by atoms with van der Waals surface area (Å²) in [5.74, 6) is 0.696. The number of hydrogen-bond donors (Lipinski definition) is 3. The highest BCUT2D eigenvalue weighted by atomic mass is 16.5. The maximum Gasteiger partial charge on any atom is 0.197 e. The number of ether oxygens (including phenoxy) is 2. The molecular weight excluding hydrogens is 270 g/mol. The van der Waals surface area contributed by atoms with Gasteiger partial charge in [-0.15, -0.1) is 0 Å². The predicted molar refractivity (Wildman–Crippen MR) is 77.9 cm³/mol. The standard InChI is InChI=1S/C16H29NO4/c1-16(2,19)13-8-11-14(20-4)10-7-9(18)5-6-12(10)17(3)15(11)21-13/h9-15,18-19H,5-8H2,1-4H3/p+1. The van der Waals surface area contributed by atoms with Crippen LogP contribution in [0.15, 0.2) is 0 Å². The van der Waals surface area contributed by atoms with Gasteiger partial charge >= 0.3 is 0 Å². The zero-order valence-electron chi connectivity index (χ0n) is 13.6. The van der Waals surface area contributed by atoms with Gasteiger partial charge in [-0.3, -0.25) is 0 Å². The lowest BCUT2D eigenvalue weighted by Crippen LogP contribution is -3.20. The zero-order chi connectivity index (χ0) is 15.4. The fourth-order valence-corrected chi connectivity index (χ4v) is 4.90. The largest absolute Gasteiger partial charge is 0.393 e. The average Bonchev–Trinajstić information content (AvgIpc) is 2.84. The van der Waals surface area contributed by atoms with Crippen molar-refractivity contribution in [2.24, 2.45) is 11.8 Å². The molecule has 3 N–H and O–H groups in total. The van der Waals surface area contributed by atoms with Crippen LogP contribution in [0.4, 0.5) is 0 Å². The minimum absolute atomic E-state index is 0.0999. The summed E-state index contributed by atoms with van der Waals surface area (Å²) in [6.07, 6.45) is 3.47. The first-order valence-corrected chi connectivity index (χ1v) is 8.25. The molecule has 0 amide bonds. The number of aliphatic hydroxyl groups is 2. The van der Waals surface area contributed by atoms with Gasteiger partial charge in [0.2, 0.25) is 0 Å². The minimum Gasteiger partial charge on any atom is -0.393 e. The van der Waals surface area contributed by atoms with Gasteiger partial charge < -0.3 is 24.6 Å². The lowest BCUT2D eigenvalue weighted by molar-refractivity contribution is -0.968. The molecule has 8 unspecified atom stereocenters. The summed E-state index contributed by atoms with van der Waals surface area (Å²) in [5, 5.41) is 20.3. The summed E-state index contributed by atoms with van der Waals surface area (Å²) < 4.78 is 12.1. The van der Waals surface area contributed by atoms with Crippen LogP contribution in [0.25, 0.3) is 0 Å². The number of likely N-dealkylation sites (tertiary alicyclic amines) is 1. The van der Waals surface area contributed by atoms with E-state index >= 15 is 0 Å². The van der Waals surface area contributed by atoms with Crippen LogP contribution < -0.4 is 4.90 Å². The van der Waals surface area contributed by atoms with Crippen LogP contribution in [0.1, 0.15) is 39.5 Å². The Hall–Kier alpha value is -0.200. The number of piperidine rings is 1. The van der Waals surface area contributed by atoms with Gasteiger partial charge in [0.15, 0.2) is 6.23 Å². The van der Waals surface area contributed by atoms with E-state index in [2.05, 4.69) is 7.05 Å². The Kier molecular flexibility index (Phi) is 4.08. The highest BCUT2D eigenvalue weighted by molar-refractivity contribution is 4.98. The molecule has 2 aliphatic heterocycles. The van der Waals surface area contributed by atoms with Crippen LogP contribution in [0.5, 0.6) is 0 Å². The first kappa shape index (κ1) is 15.7. The second-order valence-corrected chi connectivity index (χ2v) is 7.78. The number of fused-ring (bicyclic) bond motifs is 2. The third-order valence-electron chi connectivity index (χ3n) is 6.00. The van der Waals surface area contributed by atoms with E-state index in [1.165, 1.54) is 4.90 Å². The maximum atomic E-state index is 10.3. The van der Waals surface area contributed by atoms with E-state index in [-0.39, 0.29) is 24.5 Å². The molecule has 0 radical (unpaired) electrons. The Labute approximate surface area is 127 Å². The van der Waals surface area contributed by atoms with Crippen molar-refractivity contribution in [1.29, 1.82) is 0 Å². The first-order chi connectivity index (χ1) is 9.82. The average molecular weight is 300 g/mol. The molecule has 3 rings (SSSR count). The van der Waals surface area contributed by atoms with Gasteiger partial charge in [0.1, 0.15) is 0 Å². The van der Waals surface area contributed by atoms with Gasteiger partial charge in [-0.2, -0.15) is 0 Å². The van der Waals surface area contributed by atoms with Crippen LogP contribution in [0, 0.1) is 11.8 Å². The number of quaternary nitrogens is 1. The van der Waals surface area contributed by atoms with Gasteiger partial charge in [0, 0.05) is 19.4 Å². The summed E-state index contributed by atoms with van der Waals surface area (Å²) >= 11 is 0. The lowest BCUT2D eigenvalue weighted by Gasteiger charge is -2.49. The van der Waals surface area contributed by atoms with Gasteiger partial charge in [-0.05, 0) is 33.1 Å². The van der Waals surface area contributed by atoms with Crippen molar-refractivity contribution in [3.05, 3.63) is 0 Å². The highest BCUT2D eigenvalue weighted by Crippen LogP contribution is 2.42. The second kappa shape index (κ2) is 5.46. The van der Waals surface area contributed by atoms with E-state index in [9.17, 15) is 10.2 Å². The third-order valence-corrected chi connectivity index (χ3v) is 6.00. The summed E-state index contributed by atoms with van der Waals surface area (Å²) in [5.41, 5.74) is -0.819. The number of methoxy groups -OCH3 is 1. The van der Waals surface area contributed by atoms with Gasteiger partial charge in [-0.25, -0.2) is 0 Å². The fraction of sp³-hybridized carbons (Fsp3) is 1.00. The number of hydrogen-bond acceptors (Lipinski definition) is 4. The minimum atomic E-state index is -0.819. The topological polar surface area (TPSA) is 63.4 Å². The highest BCUT2D eigenvalue weighted by Gasteiger charge is 2.58. The van der Waals surface area contributed by atoms with Crippen LogP contribution in [0.3, 0.4) is 0 Å². The molecule has 5 nitrogen and oxygen atoms in total. The molecule has 3 aliphatic rings. The fourth-order valence-electron chi connectivity index (χ4n) is 4.90. The van der Waals surface area contributed by atoms with E-state index in [0.29, 0.717) is 17.9 Å². The van der Waals surface area contributed by atoms with E-state index in [4.69, 9.17) is 9.47 Å². The molecule has 0 aromatic rings. The van der Waals surface area contributed by atoms with Gasteiger partial charge in [-0.1, -0.05) is 0 Å². The van der Waals surface area contributed by atoms with Crippen LogP contribution in [-0.4, -0.2) is 60.6 Å². The Morgan fingerprint density at radius 1 is 1.19 bits per heavy atom. The van der Waals surface area contributed by atoms with Crippen molar-refractivity contribution in [3.8, 4) is 0 Å². The second-order valence-electron chi connectivity index (χ2n) is 7.78. The molecule has 0 spiro atoms. The first-order valence-electron chi connectivity index (χ1n) is 8.25. The molecule has 0 bridgehead atoms. The Balaban J connectivity index is 1.85. The predicted octanol–water partition coefficient (Wildman–Crippen LogP) is -0.439. The number of aliphatic hydroxyl groups excluding tert-OH is 1. The Morgan fingerprint density at radius 3 is 2.52 bits per heavy atom. The summed E-state index contributed by atoms with van der Waals surface area (Å²) in [6, 6.07) is 0.486. The van der Waals surface area contributed by atoms with Crippen molar-refractivity contribution in [2.45, 2.75) is 75.7 Å². The van der Waals surface area contributed by atoms with Crippen molar-refractivity contribution >= 4 is 0 Å². The number of rotatable bonds is 2. The SMILES string of the molecule is COC1C2CC(O)CCC2[NH+](C)C2OC(C(C)(C)O)CC12. The molecule has 1 saturated carbocycles. The van der Waals surface area contributed by atoms with E-state index in [1.54, 1.807) is 7.11 Å². The van der Waals surface area contributed by atoms with Crippen LogP contribution in [0.2, 0.25) is 0 Å². The third kappa shape index (κ3) is 2.63. The van der Waals surface area contributed by atoms with Crippen LogP contribution in [-0.2, 0) is 9.47 Å². The molecule has 122 valence electrons. The van der Waals surface area contributed by atoms with Crippen molar-refractivity contribution in [2.75, 3.05) is 14.2 Å². The summed E-state index contributed by atoms with van der Waals surface area (Å²) in [6.45, 7) is 3.64. The van der Waals surface area contributed by atoms with Crippen molar-refractivity contribution < 1.29 is 24.6 Å². The normalized spacial score (nSPS) is 50.6. The summed E-state index contributed by atoms with van der Waals surface area (Å²) in [7, 11) is 3.98. The van der Waals surface area contributed by atoms with Crippen LogP contribution >= 0.6 is 0 Å². The molecular formula is C16H30NO4+. The zero-order valence-corrected chi connectivity index (χ0v) is 13.6. The monoisotopic (exact) mass is 300 g/mol. The molecule has 2 saturated heterocycles. The maximum absolute atomic E-state index is 10.3. The van der Waals surface area contributed by atoms with Crippen molar-refractivity contribution in [3.63, 3.8) is 0 Å². The summed E-state index contributed by atoms with van der Waals surface area (Å²) in [4.78, 5) is 1.40. The molecule has 1 aliphatic carbocycles. The lowest BCUT2D eigenvalue weighted by atomic mass is 9.70. The number of nitrogens with one attached hydrogen (secondary N) is 1. The smallest absolute Gasteiger partial charge is 0.197 e. The molecule has 21 heavy (non-hydrogen) atoms. The van der Waals surface area contributed by atoms with E-state index < -0.39 is 5.60 Å². The van der Waals surface area contributed by atoms with Crippen molar-refractivity contribution in [1.82, 2.24) is 0 Å². The Morgan fingerprint density at radius 2 is 1.90 bits per heavy atom. The molecule has 0 aromatic heterocycles. The molecule has 0 aromatic carbocycles.